The number of carbonyl (C=O) groups is 1. The SMILES string of the molecule is CN1CCC(NC(=O)c2ccn(COc3ccc(F)cc3F)n2)CC1. The van der Waals surface area contributed by atoms with Crippen LogP contribution in [0.5, 0.6) is 5.75 Å². The largest absolute Gasteiger partial charge is 0.468 e. The van der Waals surface area contributed by atoms with Gasteiger partial charge in [0.1, 0.15) is 11.5 Å². The first-order chi connectivity index (χ1) is 12.0. The third-order valence-corrected chi connectivity index (χ3v) is 4.17. The average Bonchev–Trinajstić information content (AvgIpc) is 3.05. The molecular formula is C17H20F2N4O2. The standard InChI is InChI=1S/C17H20F2N4O2/c1-22-7-4-13(5-8-22)20-17(24)15-6-9-23(21-15)11-25-16-3-2-12(18)10-14(16)19/h2-3,6,9-10,13H,4-5,7-8,11H2,1H3,(H,20,24). The Labute approximate surface area is 144 Å². The summed E-state index contributed by atoms with van der Waals surface area (Å²) in [5, 5.41) is 7.10. The Morgan fingerprint density at radius 2 is 2.08 bits per heavy atom. The van der Waals surface area contributed by atoms with Crippen molar-refractivity contribution in [2.24, 2.45) is 0 Å². The third kappa shape index (κ3) is 4.54. The molecular weight excluding hydrogens is 330 g/mol. The molecule has 3 rings (SSSR count). The van der Waals surface area contributed by atoms with Crippen LogP contribution in [0.15, 0.2) is 30.5 Å². The molecule has 0 atom stereocenters. The summed E-state index contributed by atoms with van der Waals surface area (Å²) in [4.78, 5) is 14.5. The average molecular weight is 350 g/mol. The van der Waals surface area contributed by atoms with Crippen LogP contribution in [-0.2, 0) is 6.73 Å². The van der Waals surface area contributed by atoms with Gasteiger partial charge in [0, 0.05) is 18.3 Å². The molecule has 0 bridgehead atoms. The molecule has 2 aromatic rings. The highest BCUT2D eigenvalue weighted by molar-refractivity contribution is 5.92. The molecule has 1 aromatic carbocycles. The van der Waals surface area contributed by atoms with Gasteiger partial charge in [0.05, 0.1) is 0 Å². The normalized spacial score (nSPS) is 16.0. The Morgan fingerprint density at radius 3 is 2.80 bits per heavy atom. The molecule has 0 saturated carbocycles. The number of hydrogen-bond donors (Lipinski definition) is 1. The highest BCUT2D eigenvalue weighted by Gasteiger charge is 2.20. The van der Waals surface area contributed by atoms with Gasteiger partial charge < -0.3 is 15.0 Å². The summed E-state index contributed by atoms with van der Waals surface area (Å²) in [6, 6.07) is 4.80. The molecule has 134 valence electrons. The molecule has 1 fully saturated rings. The summed E-state index contributed by atoms with van der Waals surface area (Å²) in [5.41, 5.74) is 0.280. The van der Waals surface area contributed by atoms with E-state index in [2.05, 4.69) is 22.4 Å². The van der Waals surface area contributed by atoms with E-state index in [9.17, 15) is 13.6 Å². The zero-order chi connectivity index (χ0) is 17.8. The molecule has 25 heavy (non-hydrogen) atoms. The number of benzene rings is 1. The molecule has 0 spiro atoms. The van der Waals surface area contributed by atoms with Crippen molar-refractivity contribution in [1.29, 1.82) is 0 Å². The predicted octanol–water partition coefficient (Wildman–Crippen LogP) is 2.02. The van der Waals surface area contributed by atoms with Gasteiger partial charge in [-0.1, -0.05) is 0 Å². The molecule has 1 aliphatic rings. The molecule has 1 saturated heterocycles. The van der Waals surface area contributed by atoms with Gasteiger partial charge in [0.25, 0.3) is 5.91 Å². The first kappa shape index (κ1) is 17.3. The first-order valence-corrected chi connectivity index (χ1v) is 8.12. The Balaban J connectivity index is 1.54. The fraction of sp³-hybridized carbons (Fsp3) is 0.412. The summed E-state index contributed by atoms with van der Waals surface area (Å²) in [7, 11) is 2.06. The summed E-state index contributed by atoms with van der Waals surface area (Å²) < 4.78 is 33.0. The van der Waals surface area contributed by atoms with Gasteiger partial charge in [-0.3, -0.25) is 4.79 Å². The summed E-state index contributed by atoms with van der Waals surface area (Å²) in [6.45, 7) is 1.83. The van der Waals surface area contributed by atoms with Crippen LogP contribution in [0.25, 0.3) is 0 Å². The van der Waals surface area contributed by atoms with Gasteiger partial charge >= 0.3 is 0 Å². The Hall–Kier alpha value is -2.48. The van der Waals surface area contributed by atoms with E-state index in [1.807, 2.05) is 0 Å². The molecule has 1 amide bonds. The number of halogens is 2. The number of rotatable bonds is 5. The zero-order valence-electron chi connectivity index (χ0n) is 13.9. The maximum Gasteiger partial charge on any atom is 0.271 e. The first-order valence-electron chi connectivity index (χ1n) is 8.12. The van der Waals surface area contributed by atoms with Gasteiger partial charge in [-0.2, -0.15) is 5.10 Å². The molecule has 1 aliphatic heterocycles. The second-order valence-electron chi connectivity index (χ2n) is 6.14. The Morgan fingerprint density at radius 1 is 1.32 bits per heavy atom. The monoisotopic (exact) mass is 350 g/mol. The zero-order valence-corrected chi connectivity index (χ0v) is 13.9. The van der Waals surface area contributed by atoms with E-state index in [1.54, 1.807) is 12.3 Å². The second kappa shape index (κ2) is 7.60. The number of ether oxygens (including phenoxy) is 1. The number of nitrogens with zero attached hydrogens (tertiary/aromatic N) is 3. The van der Waals surface area contributed by atoms with Crippen LogP contribution in [0, 0.1) is 11.6 Å². The van der Waals surface area contributed by atoms with E-state index in [0.29, 0.717) is 0 Å². The van der Waals surface area contributed by atoms with E-state index >= 15 is 0 Å². The fourth-order valence-electron chi connectivity index (χ4n) is 2.69. The summed E-state index contributed by atoms with van der Waals surface area (Å²) >= 11 is 0. The maximum absolute atomic E-state index is 13.5. The Kier molecular flexibility index (Phi) is 5.28. The minimum atomic E-state index is -0.785. The third-order valence-electron chi connectivity index (χ3n) is 4.17. The lowest BCUT2D eigenvalue weighted by atomic mass is 10.1. The van der Waals surface area contributed by atoms with Crippen molar-refractivity contribution < 1.29 is 18.3 Å². The van der Waals surface area contributed by atoms with E-state index < -0.39 is 11.6 Å². The Bertz CT molecular complexity index is 742. The highest BCUT2D eigenvalue weighted by atomic mass is 19.1. The number of carbonyl (C=O) groups excluding carboxylic acids is 1. The fourth-order valence-corrected chi connectivity index (χ4v) is 2.69. The minimum absolute atomic E-state index is 0.0748. The minimum Gasteiger partial charge on any atom is -0.468 e. The lowest BCUT2D eigenvalue weighted by Gasteiger charge is -2.29. The molecule has 2 heterocycles. The molecule has 6 nitrogen and oxygen atoms in total. The van der Waals surface area contributed by atoms with Crippen molar-refractivity contribution in [3.05, 3.63) is 47.8 Å². The summed E-state index contributed by atoms with van der Waals surface area (Å²) in [5.74, 6) is -1.76. The van der Waals surface area contributed by atoms with Crippen molar-refractivity contribution in [3.8, 4) is 5.75 Å². The molecule has 1 aromatic heterocycles. The second-order valence-corrected chi connectivity index (χ2v) is 6.14. The van der Waals surface area contributed by atoms with Crippen molar-refractivity contribution in [1.82, 2.24) is 20.0 Å². The van der Waals surface area contributed by atoms with Crippen LogP contribution in [0.3, 0.4) is 0 Å². The van der Waals surface area contributed by atoms with Crippen LogP contribution in [0.4, 0.5) is 8.78 Å². The van der Waals surface area contributed by atoms with Gasteiger partial charge in [-0.25, -0.2) is 13.5 Å². The van der Waals surface area contributed by atoms with Crippen LogP contribution in [0.2, 0.25) is 0 Å². The van der Waals surface area contributed by atoms with Gasteiger partial charge in [0.15, 0.2) is 18.3 Å². The lowest BCUT2D eigenvalue weighted by molar-refractivity contribution is 0.0909. The smallest absolute Gasteiger partial charge is 0.271 e. The lowest BCUT2D eigenvalue weighted by Crippen LogP contribution is -2.43. The number of amides is 1. The number of aromatic nitrogens is 2. The van der Waals surface area contributed by atoms with Crippen LogP contribution in [0.1, 0.15) is 23.3 Å². The van der Waals surface area contributed by atoms with Crippen molar-refractivity contribution >= 4 is 5.91 Å². The highest BCUT2D eigenvalue weighted by Crippen LogP contribution is 2.18. The van der Waals surface area contributed by atoms with E-state index in [1.165, 1.54) is 10.7 Å². The van der Waals surface area contributed by atoms with Crippen LogP contribution < -0.4 is 10.1 Å². The molecule has 0 radical (unpaired) electrons. The summed E-state index contributed by atoms with van der Waals surface area (Å²) in [6.07, 6.45) is 3.40. The van der Waals surface area contributed by atoms with E-state index in [-0.39, 0.29) is 30.1 Å². The number of likely N-dealkylation sites (tertiary alicyclic amines) is 1. The van der Waals surface area contributed by atoms with Gasteiger partial charge in [-0.15, -0.1) is 0 Å². The number of piperidine rings is 1. The topological polar surface area (TPSA) is 59.4 Å². The van der Waals surface area contributed by atoms with Crippen molar-refractivity contribution in [2.75, 3.05) is 20.1 Å². The molecule has 0 aliphatic carbocycles. The number of hydrogen-bond acceptors (Lipinski definition) is 4. The van der Waals surface area contributed by atoms with Crippen LogP contribution >= 0.6 is 0 Å². The van der Waals surface area contributed by atoms with Gasteiger partial charge in [-0.05, 0) is 51.2 Å². The quantitative estimate of drug-likeness (QED) is 0.896. The predicted molar refractivity (Wildman–Crippen MR) is 87.2 cm³/mol. The molecule has 1 N–H and O–H groups in total. The van der Waals surface area contributed by atoms with Gasteiger partial charge in [0.2, 0.25) is 0 Å². The number of nitrogens with one attached hydrogen (secondary N) is 1. The van der Waals surface area contributed by atoms with E-state index in [0.717, 1.165) is 38.1 Å². The van der Waals surface area contributed by atoms with E-state index in [4.69, 9.17) is 4.74 Å². The maximum atomic E-state index is 13.5. The molecule has 8 heteroatoms. The van der Waals surface area contributed by atoms with Crippen molar-refractivity contribution in [3.63, 3.8) is 0 Å². The molecule has 0 unspecified atom stereocenters. The van der Waals surface area contributed by atoms with Crippen LogP contribution in [-0.4, -0.2) is 46.8 Å². The van der Waals surface area contributed by atoms with Crippen molar-refractivity contribution in [2.45, 2.75) is 25.6 Å².